The zero-order valence-electron chi connectivity index (χ0n) is 15.7. The van der Waals surface area contributed by atoms with Crippen LogP contribution in [0.3, 0.4) is 0 Å². The van der Waals surface area contributed by atoms with E-state index in [1.54, 1.807) is 25.1 Å². The first-order valence-electron chi connectivity index (χ1n) is 8.34. The minimum absolute atomic E-state index is 0.00492. The molecule has 0 unspecified atom stereocenters. The topological polar surface area (TPSA) is 137 Å². The monoisotopic (exact) mass is 404 g/mol. The summed E-state index contributed by atoms with van der Waals surface area (Å²) in [5, 5.41) is 33.5. The number of nitrogens with zero attached hydrogens (tertiary/aromatic N) is 4. The SMILES string of the molecule is Cc1nn(C(C)(C)C)c(O)c1N=Nc1c(O)cc(S(=O)(=O)O)c2ccccc12. The average molecular weight is 404 g/mol. The maximum absolute atomic E-state index is 11.6. The van der Waals surface area contributed by atoms with Gasteiger partial charge in [0.25, 0.3) is 10.1 Å². The van der Waals surface area contributed by atoms with Crippen LogP contribution >= 0.6 is 0 Å². The molecule has 0 aliphatic carbocycles. The van der Waals surface area contributed by atoms with Crippen LogP contribution in [0, 0.1) is 6.92 Å². The fourth-order valence-electron chi connectivity index (χ4n) is 2.82. The number of phenols is 1. The molecule has 3 N–H and O–H groups in total. The molecule has 3 aromatic rings. The Morgan fingerprint density at radius 3 is 2.14 bits per heavy atom. The van der Waals surface area contributed by atoms with Crippen molar-refractivity contribution in [2.75, 3.05) is 0 Å². The quantitative estimate of drug-likeness (QED) is 0.442. The second kappa shape index (κ2) is 6.57. The third-order valence-corrected chi connectivity index (χ3v) is 5.02. The largest absolute Gasteiger partial charge is 0.506 e. The molecule has 1 aromatic heterocycles. The van der Waals surface area contributed by atoms with Crippen molar-refractivity contribution in [1.82, 2.24) is 9.78 Å². The van der Waals surface area contributed by atoms with Gasteiger partial charge in [-0.05, 0) is 27.7 Å². The van der Waals surface area contributed by atoms with Gasteiger partial charge in [-0.15, -0.1) is 10.2 Å². The normalized spacial score (nSPS) is 12.9. The van der Waals surface area contributed by atoms with Gasteiger partial charge in [0.15, 0.2) is 5.69 Å². The molecule has 3 rings (SSSR count). The lowest BCUT2D eigenvalue weighted by Crippen LogP contribution is -2.22. The summed E-state index contributed by atoms with van der Waals surface area (Å²) in [5.74, 6) is -0.650. The van der Waals surface area contributed by atoms with Crippen LogP contribution < -0.4 is 0 Å². The molecule has 0 saturated carbocycles. The zero-order valence-corrected chi connectivity index (χ0v) is 16.6. The van der Waals surface area contributed by atoms with E-state index in [1.165, 1.54) is 10.7 Å². The van der Waals surface area contributed by atoms with E-state index in [0.29, 0.717) is 5.69 Å². The summed E-state index contributed by atoms with van der Waals surface area (Å²) in [6.45, 7) is 7.27. The molecule has 1 heterocycles. The Morgan fingerprint density at radius 2 is 1.61 bits per heavy atom. The Balaban J connectivity index is 2.20. The van der Waals surface area contributed by atoms with E-state index in [4.69, 9.17) is 0 Å². The molecular weight excluding hydrogens is 384 g/mol. The fourth-order valence-corrected chi connectivity index (χ4v) is 3.54. The molecule has 0 fully saturated rings. The average Bonchev–Trinajstić information content (AvgIpc) is 2.87. The summed E-state index contributed by atoms with van der Waals surface area (Å²) in [6, 6.07) is 7.17. The summed E-state index contributed by atoms with van der Waals surface area (Å²) in [7, 11) is -4.55. The summed E-state index contributed by atoms with van der Waals surface area (Å²) in [5.41, 5.74) is 0.103. The second-order valence-electron chi connectivity index (χ2n) is 7.30. The predicted molar refractivity (Wildman–Crippen MR) is 103 cm³/mol. The molecule has 0 radical (unpaired) electrons. The van der Waals surface area contributed by atoms with Gasteiger partial charge in [0.2, 0.25) is 5.88 Å². The molecule has 148 valence electrons. The Kier molecular flexibility index (Phi) is 4.64. The van der Waals surface area contributed by atoms with Gasteiger partial charge in [0, 0.05) is 16.8 Å². The number of aromatic hydroxyl groups is 2. The van der Waals surface area contributed by atoms with Gasteiger partial charge in [-0.25, -0.2) is 4.68 Å². The Bertz CT molecular complexity index is 1210. The van der Waals surface area contributed by atoms with Gasteiger partial charge < -0.3 is 10.2 Å². The van der Waals surface area contributed by atoms with Crippen molar-refractivity contribution < 1.29 is 23.2 Å². The van der Waals surface area contributed by atoms with Crippen molar-refractivity contribution in [3.63, 3.8) is 0 Å². The summed E-state index contributed by atoms with van der Waals surface area (Å²) >= 11 is 0. The smallest absolute Gasteiger partial charge is 0.295 e. The number of azo groups is 1. The number of phenolic OH excluding ortho intramolecular Hbond substituents is 1. The van der Waals surface area contributed by atoms with Crippen LogP contribution in [0.25, 0.3) is 10.8 Å². The first kappa shape index (κ1) is 19.8. The first-order valence-corrected chi connectivity index (χ1v) is 9.78. The molecule has 0 atom stereocenters. The van der Waals surface area contributed by atoms with Crippen molar-refractivity contribution in [3.05, 3.63) is 36.0 Å². The van der Waals surface area contributed by atoms with E-state index < -0.39 is 26.3 Å². The molecule has 0 aliphatic heterocycles. The van der Waals surface area contributed by atoms with Crippen LogP contribution in [0.15, 0.2) is 45.5 Å². The van der Waals surface area contributed by atoms with Gasteiger partial charge in [-0.2, -0.15) is 13.5 Å². The highest BCUT2D eigenvalue weighted by Gasteiger charge is 2.24. The van der Waals surface area contributed by atoms with Crippen molar-refractivity contribution in [2.24, 2.45) is 10.2 Å². The number of aryl methyl sites for hydroxylation is 1. The van der Waals surface area contributed by atoms with Gasteiger partial charge in [0.05, 0.1) is 11.2 Å². The highest BCUT2D eigenvalue weighted by molar-refractivity contribution is 7.86. The molecule has 28 heavy (non-hydrogen) atoms. The Morgan fingerprint density at radius 1 is 1.04 bits per heavy atom. The van der Waals surface area contributed by atoms with Crippen molar-refractivity contribution in [3.8, 4) is 11.6 Å². The minimum atomic E-state index is -4.55. The molecular formula is C18H20N4O5S. The summed E-state index contributed by atoms with van der Waals surface area (Å²) in [6.07, 6.45) is 0. The van der Waals surface area contributed by atoms with E-state index in [9.17, 15) is 23.2 Å². The predicted octanol–water partition coefficient (Wildman–Crippen LogP) is 4.17. The highest BCUT2D eigenvalue weighted by atomic mass is 32.2. The summed E-state index contributed by atoms with van der Waals surface area (Å²) < 4.78 is 34.1. The van der Waals surface area contributed by atoms with Crippen molar-refractivity contribution >= 4 is 32.3 Å². The number of rotatable bonds is 3. The van der Waals surface area contributed by atoms with Crippen molar-refractivity contribution in [2.45, 2.75) is 38.1 Å². The minimum Gasteiger partial charge on any atom is -0.506 e. The molecule has 0 spiro atoms. The number of hydrogen-bond donors (Lipinski definition) is 3. The van der Waals surface area contributed by atoms with Gasteiger partial charge in [0.1, 0.15) is 16.3 Å². The lowest BCUT2D eigenvalue weighted by molar-refractivity contribution is 0.295. The third kappa shape index (κ3) is 3.43. The van der Waals surface area contributed by atoms with Crippen LogP contribution in [-0.4, -0.2) is 33.0 Å². The fraction of sp³-hybridized carbons (Fsp3) is 0.278. The number of benzene rings is 2. The Labute approximate surface area is 161 Å². The lowest BCUT2D eigenvalue weighted by atomic mass is 10.1. The van der Waals surface area contributed by atoms with Crippen molar-refractivity contribution in [1.29, 1.82) is 0 Å². The van der Waals surface area contributed by atoms with Crippen LogP contribution in [-0.2, 0) is 15.7 Å². The maximum Gasteiger partial charge on any atom is 0.295 e. The third-order valence-electron chi connectivity index (χ3n) is 4.13. The highest BCUT2D eigenvalue weighted by Crippen LogP contribution is 2.41. The number of hydrogen-bond acceptors (Lipinski definition) is 7. The van der Waals surface area contributed by atoms with Gasteiger partial charge >= 0.3 is 0 Å². The van der Waals surface area contributed by atoms with Crippen LogP contribution in [0.2, 0.25) is 0 Å². The van der Waals surface area contributed by atoms with E-state index >= 15 is 0 Å². The summed E-state index contributed by atoms with van der Waals surface area (Å²) in [4.78, 5) is -0.431. The van der Waals surface area contributed by atoms with Crippen LogP contribution in [0.5, 0.6) is 11.6 Å². The lowest BCUT2D eigenvalue weighted by Gasteiger charge is -2.19. The van der Waals surface area contributed by atoms with E-state index in [1.807, 2.05) is 20.8 Å². The zero-order chi connectivity index (χ0) is 20.9. The first-order chi connectivity index (χ1) is 12.9. The number of aromatic nitrogens is 2. The van der Waals surface area contributed by atoms with Crippen LogP contribution in [0.4, 0.5) is 11.4 Å². The van der Waals surface area contributed by atoms with E-state index in [-0.39, 0.29) is 28.0 Å². The van der Waals surface area contributed by atoms with Crippen LogP contribution in [0.1, 0.15) is 26.5 Å². The molecule has 2 aromatic carbocycles. The standard InChI is InChI=1S/C18H20N4O5S/c1-10-15(17(24)22(21-10)18(2,3)4)19-20-16-12-8-6-5-7-11(12)14(9-13(16)23)28(25,26)27/h5-9,23-24H,1-4H3,(H,25,26,27). The van der Waals surface area contributed by atoms with Gasteiger partial charge in [-0.1, -0.05) is 24.3 Å². The van der Waals surface area contributed by atoms with E-state index in [0.717, 1.165) is 6.07 Å². The molecule has 10 heteroatoms. The maximum atomic E-state index is 11.6. The van der Waals surface area contributed by atoms with Gasteiger partial charge in [-0.3, -0.25) is 4.55 Å². The molecule has 0 aliphatic rings. The van der Waals surface area contributed by atoms with E-state index in [2.05, 4.69) is 15.3 Å². The second-order valence-corrected chi connectivity index (χ2v) is 8.69. The molecule has 0 amide bonds. The number of fused-ring (bicyclic) bond motifs is 1. The molecule has 0 bridgehead atoms. The Hall–Kier alpha value is -2.98. The molecule has 9 nitrogen and oxygen atoms in total. The molecule has 0 saturated heterocycles.